The van der Waals surface area contributed by atoms with Gasteiger partial charge in [-0.2, -0.15) is 57.1 Å². The molecule has 33 heavy (non-hydrogen) atoms. The molecule has 0 aliphatic carbocycles. The minimum absolute atomic E-state index is 3.28. The van der Waals surface area contributed by atoms with E-state index in [2.05, 4.69) is 5.73 Å². The maximum atomic E-state index is 14.2. The lowest BCUT2D eigenvalue weighted by molar-refractivity contribution is -0.448. The SMILES string of the molecule is NC(F)(c1c(F)c(F)c(F)c(F)c1F)C(F)(F)C(F)(F)C(F)(F)C(F)(F)C(F)(F)C(F)(F)F. The molecule has 1 aromatic carbocycles. The molecule has 0 fully saturated rings. The van der Waals surface area contributed by atoms with E-state index in [1.807, 2.05) is 0 Å². The van der Waals surface area contributed by atoms with Crippen LogP contribution >= 0.6 is 0 Å². The first kappa shape index (κ1) is 28.9. The molecule has 0 saturated heterocycles. The second-order valence-electron chi connectivity index (χ2n) is 6.03. The summed E-state index contributed by atoms with van der Waals surface area (Å²) >= 11 is 0. The van der Waals surface area contributed by atoms with Gasteiger partial charge < -0.3 is 0 Å². The Morgan fingerprint density at radius 3 is 0.909 bits per heavy atom. The van der Waals surface area contributed by atoms with Gasteiger partial charge >= 0.3 is 35.8 Å². The fraction of sp³-hybridized carbons (Fsp3) is 0.538. The van der Waals surface area contributed by atoms with Gasteiger partial charge in [0.2, 0.25) is 5.82 Å². The average molecular weight is 533 g/mol. The van der Waals surface area contributed by atoms with Crippen LogP contribution in [0.2, 0.25) is 0 Å². The molecule has 0 bridgehead atoms. The van der Waals surface area contributed by atoms with Crippen molar-refractivity contribution in [2.24, 2.45) is 5.73 Å². The predicted octanol–water partition coefficient (Wildman–Crippen LogP) is 6.20. The van der Waals surface area contributed by atoms with Gasteiger partial charge in [-0.15, -0.1) is 0 Å². The molecule has 0 saturated carbocycles. The maximum absolute atomic E-state index is 14.2. The molecule has 1 unspecified atom stereocenters. The molecule has 0 aromatic heterocycles. The van der Waals surface area contributed by atoms with Crippen molar-refractivity contribution in [2.75, 3.05) is 0 Å². The fourth-order valence-electron chi connectivity index (χ4n) is 2.08. The summed E-state index contributed by atoms with van der Waals surface area (Å²) in [6.07, 6.45) is -7.82. The lowest BCUT2D eigenvalue weighted by Gasteiger charge is -2.42. The predicted molar refractivity (Wildman–Crippen MR) is 64.0 cm³/mol. The van der Waals surface area contributed by atoms with E-state index >= 15 is 0 Å². The first-order valence-electron chi connectivity index (χ1n) is 7.13. The molecule has 0 heterocycles. The summed E-state index contributed by atoms with van der Waals surface area (Å²) in [6.45, 7) is 0. The molecule has 0 amide bonds. The molecule has 20 heteroatoms. The first-order chi connectivity index (χ1) is 14.2. The highest BCUT2D eigenvalue weighted by Gasteiger charge is 2.93. The molecule has 1 atom stereocenters. The van der Waals surface area contributed by atoms with Crippen molar-refractivity contribution in [1.82, 2.24) is 0 Å². The van der Waals surface area contributed by atoms with E-state index in [1.165, 1.54) is 0 Å². The lowest BCUT2D eigenvalue weighted by atomic mass is 9.86. The highest BCUT2D eigenvalue weighted by Crippen LogP contribution is 2.62. The zero-order chi connectivity index (χ0) is 27.0. The van der Waals surface area contributed by atoms with Crippen LogP contribution in [-0.2, 0) is 5.79 Å². The minimum atomic E-state index is -8.64. The molecule has 0 spiro atoms. The van der Waals surface area contributed by atoms with E-state index in [4.69, 9.17) is 0 Å². The quantitative estimate of drug-likeness (QED) is 0.201. The molecule has 0 aliphatic heterocycles. The number of nitrogens with two attached hydrogens (primary N) is 1. The molecule has 0 aliphatic rings. The number of benzene rings is 1. The Balaban J connectivity index is 3.91. The van der Waals surface area contributed by atoms with Crippen LogP contribution in [0, 0.1) is 29.1 Å². The molecule has 1 nitrogen and oxygen atoms in total. The number of hydrogen-bond donors (Lipinski definition) is 1. The Kier molecular flexibility index (Phi) is 6.50. The van der Waals surface area contributed by atoms with E-state index in [9.17, 15) is 83.4 Å². The van der Waals surface area contributed by atoms with Gasteiger partial charge in [0.05, 0.1) is 5.56 Å². The van der Waals surface area contributed by atoms with Gasteiger partial charge in [-0.25, -0.2) is 26.3 Å². The number of halogens is 19. The summed E-state index contributed by atoms with van der Waals surface area (Å²) in [5.41, 5.74) is -0.164. The van der Waals surface area contributed by atoms with E-state index in [0.29, 0.717) is 0 Å². The Morgan fingerprint density at radius 2 is 0.606 bits per heavy atom. The molecule has 192 valence electrons. The monoisotopic (exact) mass is 533 g/mol. The second-order valence-corrected chi connectivity index (χ2v) is 6.03. The van der Waals surface area contributed by atoms with E-state index in [1.54, 1.807) is 0 Å². The Hall–Kier alpha value is -2.15. The highest BCUT2D eigenvalue weighted by molar-refractivity contribution is 5.32. The number of alkyl halides is 14. The Bertz CT molecular complexity index is 898. The van der Waals surface area contributed by atoms with Crippen molar-refractivity contribution in [3.63, 3.8) is 0 Å². The highest BCUT2D eigenvalue weighted by atomic mass is 19.4. The van der Waals surface area contributed by atoms with Gasteiger partial charge in [-0.3, -0.25) is 5.73 Å². The van der Waals surface area contributed by atoms with E-state index in [0.717, 1.165) is 0 Å². The molecule has 1 rings (SSSR count). The third-order valence-electron chi connectivity index (χ3n) is 3.96. The normalized spacial score (nSPS) is 16.7. The summed E-state index contributed by atoms with van der Waals surface area (Å²) in [5, 5.41) is 0. The first-order valence-corrected chi connectivity index (χ1v) is 7.13. The third-order valence-corrected chi connectivity index (χ3v) is 3.96. The summed E-state index contributed by atoms with van der Waals surface area (Å²) < 4.78 is 249. The molecular formula is C13H2F19N. The second kappa shape index (κ2) is 7.42. The lowest BCUT2D eigenvalue weighted by Crippen LogP contribution is -2.73. The van der Waals surface area contributed by atoms with Crippen molar-refractivity contribution in [3.05, 3.63) is 34.6 Å². The van der Waals surface area contributed by atoms with Gasteiger partial charge in [0.15, 0.2) is 23.3 Å². The Labute approximate surface area is 166 Å². The van der Waals surface area contributed by atoms with Crippen LogP contribution in [0.3, 0.4) is 0 Å². The van der Waals surface area contributed by atoms with Gasteiger partial charge in [0.25, 0.3) is 5.79 Å². The van der Waals surface area contributed by atoms with Crippen molar-refractivity contribution in [1.29, 1.82) is 0 Å². The number of rotatable bonds is 6. The van der Waals surface area contributed by atoms with Gasteiger partial charge in [-0.05, 0) is 0 Å². The van der Waals surface area contributed by atoms with Gasteiger partial charge in [0.1, 0.15) is 0 Å². The van der Waals surface area contributed by atoms with Crippen LogP contribution in [0.15, 0.2) is 0 Å². The van der Waals surface area contributed by atoms with Crippen molar-refractivity contribution in [3.8, 4) is 0 Å². The van der Waals surface area contributed by atoms with E-state index < -0.39 is 76.2 Å². The molecule has 1 aromatic rings. The zero-order valence-corrected chi connectivity index (χ0v) is 14.3. The summed E-state index contributed by atoms with van der Waals surface area (Å²) in [4.78, 5) is 0. The summed E-state index contributed by atoms with van der Waals surface area (Å²) in [5.74, 6) is -66.5. The zero-order valence-electron chi connectivity index (χ0n) is 14.3. The van der Waals surface area contributed by atoms with Gasteiger partial charge in [0, 0.05) is 0 Å². The standard InChI is InChI=1S/C13H2F19N/c14-2-1(3(15)5(17)6(18)4(2)16)7(19,33)8(20,21)9(22,23)10(24,25)11(26,27)12(28,29)13(30,31)32/h33H2. The van der Waals surface area contributed by atoms with Gasteiger partial charge in [-0.1, -0.05) is 0 Å². The third kappa shape index (κ3) is 3.46. The molecular weight excluding hydrogens is 531 g/mol. The summed E-state index contributed by atoms with van der Waals surface area (Å²) in [7, 11) is 0. The van der Waals surface area contributed by atoms with Crippen LogP contribution in [0.1, 0.15) is 5.56 Å². The van der Waals surface area contributed by atoms with Crippen molar-refractivity contribution < 1.29 is 83.4 Å². The summed E-state index contributed by atoms with van der Waals surface area (Å²) in [6, 6.07) is 0. The van der Waals surface area contributed by atoms with Crippen LogP contribution in [0.25, 0.3) is 0 Å². The van der Waals surface area contributed by atoms with E-state index in [-0.39, 0.29) is 0 Å². The smallest absolute Gasteiger partial charge is 0.290 e. The maximum Gasteiger partial charge on any atom is 0.460 e. The van der Waals surface area contributed by atoms with Crippen molar-refractivity contribution in [2.45, 2.75) is 41.6 Å². The molecule has 0 radical (unpaired) electrons. The largest absolute Gasteiger partial charge is 0.460 e. The Morgan fingerprint density at radius 1 is 0.364 bits per heavy atom. The van der Waals surface area contributed by atoms with Crippen LogP contribution in [0.4, 0.5) is 83.4 Å². The topological polar surface area (TPSA) is 26.0 Å². The van der Waals surface area contributed by atoms with Crippen molar-refractivity contribution >= 4 is 0 Å². The van der Waals surface area contributed by atoms with Crippen LogP contribution < -0.4 is 5.73 Å². The average Bonchev–Trinajstić information content (AvgIpc) is 2.62. The molecule has 2 N–H and O–H groups in total. The minimum Gasteiger partial charge on any atom is -0.290 e. The van der Waals surface area contributed by atoms with Crippen LogP contribution in [-0.4, -0.2) is 35.8 Å². The van der Waals surface area contributed by atoms with Crippen LogP contribution in [0.5, 0.6) is 0 Å². The number of hydrogen-bond acceptors (Lipinski definition) is 1. The fourth-order valence-corrected chi connectivity index (χ4v) is 2.08.